The van der Waals surface area contributed by atoms with Crippen LogP contribution in [0, 0.1) is 0 Å². The Hall–Kier alpha value is -1.01. The smallest absolute Gasteiger partial charge is 0.101 e. The van der Waals surface area contributed by atoms with E-state index in [2.05, 4.69) is 21.9 Å². The third kappa shape index (κ3) is 1.53. The third-order valence-electron chi connectivity index (χ3n) is 2.65. The molecule has 2 unspecified atom stereocenters. The zero-order chi connectivity index (χ0) is 10.3. The summed E-state index contributed by atoms with van der Waals surface area (Å²) in [5.74, 6) is 0.280. The molecule has 0 amide bonds. The van der Waals surface area contributed by atoms with Crippen LogP contribution in [-0.4, -0.2) is 17.7 Å². The molecule has 4 nitrogen and oxygen atoms in total. The van der Waals surface area contributed by atoms with E-state index in [0.717, 1.165) is 17.1 Å². The SMILES string of the molecule is NC1NNCC1c1nc2ccccc2s1. The maximum absolute atomic E-state index is 5.93. The van der Waals surface area contributed by atoms with Crippen LogP contribution in [0.4, 0.5) is 0 Å². The van der Waals surface area contributed by atoms with Gasteiger partial charge in [-0.1, -0.05) is 12.1 Å². The largest absolute Gasteiger partial charge is 0.314 e. The second-order valence-corrected chi connectivity index (χ2v) is 4.74. The number of para-hydroxylation sites is 1. The Morgan fingerprint density at radius 2 is 2.27 bits per heavy atom. The minimum Gasteiger partial charge on any atom is -0.314 e. The average Bonchev–Trinajstić information content (AvgIpc) is 2.82. The van der Waals surface area contributed by atoms with E-state index in [1.54, 1.807) is 11.3 Å². The van der Waals surface area contributed by atoms with Gasteiger partial charge in [-0.15, -0.1) is 11.3 Å². The Morgan fingerprint density at radius 1 is 1.40 bits per heavy atom. The van der Waals surface area contributed by atoms with Crippen LogP contribution in [0.1, 0.15) is 10.9 Å². The standard InChI is InChI=1S/C10H12N4S/c11-9-6(5-12-14-9)10-13-7-3-1-2-4-8(7)15-10/h1-4,6,9,12,14H,5,11H2. The number of nitrogens with one attached hydrogen (secondary N) is 2. The number of hydrazine groups is 1. The van der Waals surface area contributed by atoms with Crippen LogP contribution in [0.3, 0.4) is 0 Å². The van der Waals surface area contributed by atoms with E-state index in [1.165, 1.54) is 4.70 Å². The van der Waals surface area contributed by atoms with Crippen LogP contribution in [0.2, 0.25) is 0 Å². The topological polar surface area (TPSA) is 63.0 Å². The van der Waals surface area contributed by atoms with E-state index >= 15 is 0 Å². The molecule has 1 saturated heterocycles. The Labute approximate surface area is 91.5 Å². The summed E-state index contributed by atoms with van der Waals surface area (Å²) in [6.45, 7) is 0.848. The summed E-state index contributed by atoms with van der Waals surface area (Å²) in [6.07, 6.45) is -0.0365. The predicted octanol–water partition coefficient (Wildman–Crippen LogP) is 0.773. The second kappa shape index (κ2) is 3.53. The molecule has 0 aliphatic carbocycles. The highest BCUT2D eigenvalue weighted by Gasteiger charge is 2.27. The molecule has 0 radical (unpaired) electrons. The fourth-order valence-corrected chi connectivity index (χ4v) is 2.92. The highest BCUT2D eigenvalue weighted by Crippen LogP contribution is 2.29. The number of aromatic nitrogens is 1. The molecular weight excluding hydrogens is 208 g/mol. The lowest BCUT2D eigenvalue weighted by Gasteiger charge is -2.09. The average molecular weight is 220 g/mol. The highest BCUT2D eigenvalue weighted by molar-refractivity contribution is 7.18. The van der Waals surface area contributed by atoms with Crippen LogP contribution in [0.5, 0.6) is 0 Å². The fraction of sp³-hybridized carbons (Fsp3) is 0.300. The molecular formula is C10H12N4S. The van der Waals surface area contributed by atoms with Crippen molar-refractivity contribution in [2.45, 2.75) is 12.1 Å². The van der Waals surface area contributed by atoms with Crippen molar-refractivity contribution in [3.8, 4) is 0 Å². The summed E-state index contributed by atoms with van der Waals surface area (Å²) in [6, 6.07) is 8.18. The Kier molecular flexibility index (Phi) is 2.17. The molecule has 1 aromatic carbocycles. The molecule has 0 saturated carbocycles. The molecule has 0 bridgehead atoms. The molecule has 3 rings (SSSR count). The summed E-state index contributed by atoms with van der Waals surface area (Å²) < 4.78 is 1.23. The molecule has 78 valence electrons. The van der Waals surface area contributed by atoms with Crippen LogP contribution >= 0.6 is 11.3 Å². The first-order valence-corrected chi connectivity index (χ1v) is 5.76. The number of fused-ring (bicyclic) bond motifs is 1. The number of thiazole rings is 1. The Balaban J connectivity index is 2.04. The lowest BCUT2D eigenvalue weighted by Crippen LogP contribution is -2.38. The molecule has 2 atom stereocenters. The number of rotatable bonds is 1. The minimum atomic E-state index is -0.0365. The van der Waals surface area contributed by atoms with E-state index in [1.807, 2.05) is 18.2 Å². The van der Waals surface area contributed by atoms with Gasteiger partial charge in [0.25, 0.3) is 0 Å². The van der Waals surface area contributed by atoms with Crippen molar-refractivity contribution in [2.24, 2.45) is 5.73 Å². The molecule has 5 heteroatoms. The van der Waals surface area contributed by atoms with Gasteiger partial charge in [0.05, 0.1) is 22.3 Å². The number of nitrogens with zero attached hydrogens (tertiary/aromatic N) is 1. The fourth-order valence-electron chi connectivity index (χ4n) is 1.80. The molecule has 1 aliphatic heterocycles. The van der Waals surface area contributed by atoms with Gasteiger partial charge in [-0.25, -0.2) is 10.4 Å². The van der Waals surface area contributed by atoms with Gasteiger partial charge >= 0.3 is 0 Å². The molecule has 1 aliphatic rings. The molecule has 4 N–H and O–H groups in total. The molecule has 15 heavy (non-hydrogen) atoms. The van der Waals surface area contributed by atoms with Crippen molar-refractivity contribution in [3.05, 3.63) is 29.3 Å². The summed E-state index contributed by atoms with van der Waals surface area (Å²) >= 11 is 1.73. The summed E-state index contributed by atoms with van der Waals surface area (Å²) in [5, 5.41) is 1.11. The van der Waals surface area contributed by atoms with Crippen molar-refractivity contribution >= 4 is 21.6 Å². The molecule has 0 spiro atoms. The van der Waals surface area contributed by atoms with Gasteiger partial charge in [-0.2, -0.15) is 0 Å². The summed E-state index contributed by atoms with van der Waals surface area (Å²) in [5.41, 5.74) is 13.1. The molecule has 1 fully saturated rings. The van der Waals surface area contributed by atoms with Gasteiger partial charge in [0.1, 0.15) is 5.01 Å². The minimum absolute atomic E-state index is 0.0365. The van der Waals surface area contributed by atoms with Crippen LogP contribution < -0.4 is 16.6 Å². The maximum Gasteiger partial charge on any atom is 0.101 e. The first-order chi connectivity index (χ1) is 7.34. The van der Waals surface area contributed by atoms with E-state index < -0.39 is 0 Å². The predicted molar refractivity (Wildman–Crippen MR) is 61.5 cm³/mol. The molecule has 1 aromatic heterocycles. The first kappa shape index (κ1) is 9.23. The lowest BCUT2D eigenvalue weighted by molar-refractivity contribution is 0.546. The Bertz CT molecular complexity index is 448. The van der Waals surface area contributed by atoms with E-state index in [4.69, 9.17) is 5.73 Å². The number of nitrogens with two attached hydrogens (primary N) is 1. The van der Waals surface area contributed by atoms with Crippen molar-refractivity contribution in [1.29, 1.82) is 0 Å². The van der Waals surface area contributed by atoms with Gasteiger partial charge in [-0.05, 0) is 12.1 Å². The van der Waals surface area contributed by atoms with E-state index in [-0.39, 0.29) is 12.1 Å². The summed E-state index contributed by atoms with van der Waals surface area (Å²) in [7, 11) is 0. The van der Waals surface area contributed by atoms with Crippen molar-refractivity contribution in [2.75, 3.05) is 6.54 Å². The van der Waals surface area contributed by atoms with Crippen LogP contribution in [0.15, 0.2) is 24.3 Å². The maximum atomic E-state index is 5.93. The first-order valence-electron chi connectivity index (χ1n) is 4.94. The summed E-state index contributed by atoms with van der Waals surface area (Å²) in [4.78, 5) is 4.60. The Morgan fingerprint density at radius 3 is 3.00 bits per heavy atom. The van der Waals surface area contributed by atoms with Crippen LogP contribution in [0.25, 0.3) is 10.2 Å². The van der Waals surface area contributed by atoms with Gasteiger partial charge < -0.3 is 5.73 Å². The van der Waals surface area contributed by atoms with E-state index in [0.29, 0.717) is 0 Å². The van der Waals surface area contributed by atoms with Crippen LogP contribution in [-0.2, 0) is 0 Å². The van der Waals surface area contributed by atoms with Gasteiger partial charge in [-0.3, -0.25) is 5.43 Å². The molecule has 2 heterocycles. The number of hydrogen-bond donors (Lipinski definition) is 3. The third-order valence-corrected chi connectivity index (χ3v) is 3.82. The van der Waals surface area contributed by atoms with Crippen molar-refractivity contribution < 1.29 is 0 Å². The monoisotopic (exact) mass is 220 g/mol. The number of benzene rings is 1. The second-order valence-electron chi connectivity index (χ2n) is 3.68. The van der Waals surface area contributed by atoms with Gasteiger partial charge in [0.15, 0.2) is 0 Å². The zero-order valence-corrected chi connectivity index (χ0v) is 8.92. The number of hydrogen-bond acceptors (Lipinski definition) is 5. The normalized spacial score (nSPS) is 26.2. The van der Waals surface area contributed by atoms with E-state index in [9.17, 15) is 0 Å². The highest BCUT2D eigenvalue weighted by atomic mass is 32.1. The lowest BCUT2D eigenvalue weighted by atomic mass is 10.1. The zero-order valence-electron chi connectivity index (χ0n) is 8.10. The van der Waals surface area contributed by atoms with Gasteiger partial charge in [0.2, 0.25) is 0 Å². The van der Waals surface area contributed by atoms with Gasteiger partial charge in [0, 0.05) is 6.54 Å². The molecule has 2 aromatic rings. The quantitative estimate of drug-likeness (QED) is 0.664. The van der Waals surface area contributed by atoms with Crippen molar-refractivity contribution in [3.63, 3.8) is 0 Å². The van der Waals surface area contributed by atoms with Crippen molar-refractivity contribution in [1.82, 2.24) is 15.8 Å².